The highest BCUT2D eigenvalue weighted by Crippen LogP contribution is 2.20. The van der Waals surface area contributed by atoms with Gasteiger partial charge in [0.15, 0.2) is 11.5 Å². The van der Waals surface area contributed by atoms with Crippen molar-refractivity contribution < 1.29 is 19.4 Å². The van der Waals surface area contributed by atoms with Crippen molar-refractivity contribution in [2.24, 2.45) is 0 Å². The van der Waals surface area contributed by atoms with Crippen molar-refractivity contribution in [1.29, 1.82) is 0 Å². The van der Waals surface area contributed by atoms with Crippen LogP contribution in [0.2, 0.25) is 0 Å². The third-order valence-electron chi connectivity index (χ3n) is 2.42. The third kappa shape index (κ3) is 1.81. The molecule has 1 aromatic rings. The van der Waals surface area contributed by atoms with E-state index >= 15 is 0 Å². The van der Waals surface area contributed by atoms with E-state index < -0.39 is 11.7 Å². The van der Waals surface area contributed by atoms with Crippen molar-refractivity contribution in [3.8, 4) is 5.75 Å². The Morgan fingerprint density at radius 1 is 1.38 bits per heavy atom. The van der Waals surface area contributed by atoms with Gasteiger partial charge in [0.05, 0.1) is 0 Å². The first-order valence-electron chi connectivity index (χ1n) is 4.78. The Hall–Kier alpha value is -2.11. The highest BCUT2D eigenvalue weighted by Gasteiger charge is 2.20. The fourth-order valence-corrected chi connectivity index (χ4v) is 1.73. The van der Waals surface area contributed by atoms with Crippen LogP contribution in [0.1, 0.15) is 28.9 Å². The second kappa shape index (κ2) is 3.80. The maximum Gasteiger partial charge on any atom is 0.511 e. The summed E-state index contributed by atoms with van der Waals surface area (Å²) in [5.74, 6) is -0.464. The molecular formula is C10H9NO5. The minimum atomic E-state index is -1.58. The van der Waals surface area contributed by atoms with Gasteiger partial charge in [-0.2, -0.15) is 0 Å². The molecule has 0 unspecified atom stereocenters. The Bertz CT molecular complexity index is 516. The van der Waals surface area contributed by atoms with Gasteiger partial charge in [-0.05, 0) is 18.9 Å². The summed E-state index contributed by atoms with van der Waals surface area (Å²) in [6.45, 7) is 0. The molecule has 0 amide bonds. The number of carbonyl (C=O) groups is 2. The number of pyridine rings is 1. The van der Waals surface area contributed by atoms with E-state index in [1.807, 2.05) is 0 Å². The Labute approximate surface area is 89.9 Å². The highest BCUT2D eigenvalue weighted by molar-refractivity contribution is 5.98. The molecular weight excluding hydrogens is 214 g/mol. The van der Waals surface area contributed by atoms with Crippen molar-refractivity contribution >= 4 is 11.9 Å². The molecule has 1 aliphatic carbocycles. The lowest BCUT2D eigenvalue weighted by Gasteiger charge is -2.14. The van der Waals surface area contributed by atoms with Crippen molar-refractivity contribution in [3.05, 3.63) is 27.7 Å². The molecule has 0 aliphatic heterocycles. The summed E-state index contributed by atoms with van der Waals surface area (Å²) in [5, 5.41) is 8.40. The predicted octanol–water partition coefficient (Wildman–Crippen LogP) is 0.951. The number of rotatable bonds is 1. The van der Waals surface area contributed by atoms with Crippen LogP contribution in [0.15, 0.2) is 10.9 Å². The first-order valence-corrected chi connectivity index (χ1v) is 4.78. The van der Waals surface area contributed by atoms with Crippen molar-refractivity contribution in [1.82, 2.24) is 4.98 Å². The third-order valence-corrected chi connectivity index (χ3v) is 2.42. The smallest absolute Gasteiger partial charge is 0.449 e. The molecule has 84 valence electrons. The topological polar surface area (TPSA) is 96.5 Å². The first-order chi connectivity index (χ1) is 7.58. The molecule has 0 radical (unpaired) electrons. The van der Waals surface area contributed by atoms with Gasteiger partial charge in [-0.1, -0.05) is 0 Å². The van der Waals surface area contributed by atoms with E-state index in [9.17, 15) is 14.4 Å². The fraction of sp³-hybridized carbons (Fsp3) is 0.300. The second-order valence-electron chi connectivity index (χ2n) is 3.50. The maximum absolute atomic E-state index is 11.5. The van der Waals surface area contributed by atoms with Crippen LogP contribution in [0.25, 0.3) is 0 Å². The number of carboxylic acid groups (broad SMARTS) is 1. The lowest BCUT2D eigenvalue weighted by molar-refractivity contribution is 0.0969. The van der Waals surface area contributed by atoms with E-state index in [2.05, 4.69) is 9.72 Å². The van der Waals surface area contributed by atoms with Crippen LogP contribution in [0, 0.1) is 0 Å². The van der Waals surface area contributed by atoms with Gasteiger partial charge in [-0.25, -0.2) is 4.79 Å². The molecule has 6 nitrogen and oxygen atoms in total. The zero-order valence-corrected chi connectivity index (χ0v) is 8.28. The Morgan fingerprint density at radius 2 is 2.12 bits per heavy atom. The molecule has 0 aromatic carbocycles. The number of aromatic amines is 1. The summed E-state index contributed by atoms with van der Waals surface area (Å²) >= 11 is 0. The summed E-state index contributed by atoms with van der Waals surface area (Å²) in [6.07, 6.45) is 0.143. The number of hydrogen-bond donors (Lipinski definition) is 2. The number of ketones is 1. The van der Waals surface area contributed by atoms with Gasteiger partial charge >= 0.3 is 6.16 Å². The molecule has 0 bridgehead atoms. The summed E-state index contributed by atoms with van der Waals surface area (Å²) < 4.78 is 4.28. The fourth-order valence-electron chi connectivity index (χ4n) is 1.73. The SMILES string of the molecule is O=C(O)Oc1cc2c([nH]c1=O)CCCC2=O. The summed E-state index contributed by atoms with van der Waals surface area (Å²) in [7, 11) is 0. The van der Waals surface area contributed by atoms with E-state index in [1.54, 1.807) is 0 Å². The molecule has 0 saturated heterocycles. The minimum absolute atomic E-state index is 0.104. The Kier molecular flexibility index (Phi) is 2.47. The largest absolute Gasteiger partial charge is 0.511 e. The number of aryl methyl sites for hydroxylation is 1. The summed E-state index contributed by atoms with van der Waals surface area (Å²) in [4.78, 5) is 35.7. The van der Waals surface area contributed by atoms with Gasteiger partial charge in [0.2, 0.25) is 0 Å². The molecule has 1 aliphatic rings. The number of Topliss-reactive ketones (excluding diaryl/α,β-unsaturated/α-hetero) is 1. The Balaban J connectivity index is 2.50. The van der Waals surface area contributed by atoms with Gasteiger partial charge in [0.1, 0.15) is 0 Å². The van der Waals surface area contributed by atoms with E-state index in [1.165, 1.54) is 6.07 Å². The normalized spacial score (nSPS) is 14.4. The van der Waals surface area contributed by atoms with E-state index in [0.29, 0.717) is 30.5 Å². The lowest BCUT2D eigenvalue weighted by atomic mass is 9.95. The van der Waals surface area contributed by atoms with Crippen LogP contribution in [-0.2, 0) is 6.42 Å². The molecule has 0 spiro atoms. The lowest BCUT2D eigenvalue weighted by Crippen LogP contribution is -2.21. The zero-order chi connectivity index (χ0) is 11.7. The predicted molar refractivity (Wildman–Crippen MR) is 53.0 cm³/mol. The van der Waals surface area contributed by atoms with Crippen LogP contribution >= 0.6 is 0 Å². The number of ether oxygens (including phenoxy) is 1. The van der Waals surface area contributed by atoms with Gasteiger partial charge in [0, 0.05) is 17.7 Å². The molecule has 16 heavy (non-hydrogen) atoms. The number of H-pyrrole nitrogens is 1. The minimum Gasteiger partial charge on any atom is -0.449 e. The molecule has 0 saturated carbocycles. The van der Waals surface area contributed by atoms with Crippen molar-refractivity contribution in [3.63, 3.8) is 0 Å². The molecule has 0 atom stereocenters. The molecule has 0 fully saturated rings. The molecule has 2 rings (SSSR count). The van der Waals surface area contributed by atoms with Gasteiger partial charge < -0.3 is 14.8 Å². The van der Waals surface area contributed by atoms with Crippen LogP contribution in [0.5, 0.6) is 5.75 Å². The van der Waals surface area contributed by atoms with Crippen LogP contribution in [-0.4, -0.2) is 22.0 Å². The summed E-state index contributed by atoms with van der Waals surface area (Å²) in [5.41, 5.74) is 0.275. The van der Waals surface area contributed by atoms with E-state index in [4.69, 9.17) is 5.11 Å². The van der Waals surface area contributed by atoms with E-state index in [-0.39, 0.29) is 11.5 Å². The van der Waals surface area contributed by atoms with Gasteiger partial charge in [-0.3, -0.25) is 9.59 Å². The average molecular weight is 223 g/mol. The van der Waals surface area contributed by atoms with Crippen molar-refractivity contribution in [2.45, 2.75) is 19.3 Å². The Morgan fingerprint density at radius 3 is 2.81 bits per heavy atom. The number of fused-ring (bicyclic) bond motifs is 1. The summed E-state index contributed by atoms with van der Waals surface area (Å²) in [6, 6.07) is 1.20. The molecule has 6 heteroatoms. The van der Waals surface area contributed by atoms with Crippen molar-refractivity contribution in [2.75, 3.05) is 0 Å². The van der Waals surface area contributed by atoms with Crippen LogP contribution < -0.4 is 10.3 Å². The molecule has 1 aromatic heterocycles. The average Bonchev–Trinajstić information content (AvgIpc) is 2.20. The number of aromatic nitrogens is 1. The molecule has 2 N–H and O–H groups in total. The zero-order valence-electron chi connectivity index (χ0n) is 8.28. The van der Waals surface area contributed by atoms with Gasteiger partial charge in [0.25, 0.3) is 5.56 Å². The monoisotopic (exact) mass is 223 g/mol. The molecule has 1 heterocycles. The van der Waals surface area contributed by atoms with Gasteiger partial charge in [-0.15, -0.1) is 0 Å². The van der Waals surface area contributed by atoms with Crippen LogP contribution in [0.4, 0.5) is 4.79 Å². The maximum atomic E-state index is 11.5. The number of carbonyl (C=O) groups excluding carboxylic acids is 1. The first kappa shape index (κ1) is 10.4. The standard InChI is InChI=1S/C10H9NO5/c12-7-3-1-2-6-5(7)4-8(9(13)11-6)16-10(14)15/h4H,1-3H2,(H,11,13)(H,14,15). The number of hydrogen-bond acceptors (Lipinski definition) is 4. The second-order valence-corrected chi connectivity index (χ2v) is 3.50. The quantitative estimate of drug-likeness (QED) is 0.691. The van der Waals surface area contributed by atoms with Crippen LogP contribution in [0.3, 0.4) is 0 Å². The highest BCUT2D eigenvalue weighted by atomic mass is 16.7. The number of nitrogens with one attached hydrogen (secondary N) is 1. The van der Waals surface area contributed by atoms with E-state index in [0.717, 1.165) is 0 Å².